The molecule has 1 aliphatic heterocycles. The van der Waals surface area contributed by atoms with Crippen molar-refractivity contribution >= 4 is 35.6 Å². The molecule has 0 spiro atoms. The summed E-state index contributed by atoms with van der Waals surface area (Å²) in [6.07, 6.45) is 12.1. The number of carbonyl (C=O) groups excluding carboxylic acids is 4. The summed E-state index contributed by atoms with van der Waals surface area (Å²) in [5.41, 5.74) is 0. The highest BCUT2D eigenvalue weighted by atomic mass is 16.7. The average Bonchev–Trinajstić information content (AvgIpc) is 3.13. The van der Waals surface area contributed by atoms with Crippen LogP contribution in [0.25, 0.3) is 0 Å². The summed E-state index contributed by atoms with van der Waals surface area (Å²) in [5, 5.41) is 20.7. The zero-order valence-electron chi connectivity index (χ0n) is 21.0. The van der Waals surface area contributed by atoms with E-state index in [4.69, 9.17) is 15.1 Å². The van der Waals surface area contributed by atoms with Crippen molar-refractivity contribution in [2.45, 2.75) is 122 Å². The Morgan fingerprint density at radius 1 is 0.722 bits per heavy atom. The molecule has 1 aliphatic rings. The number of imide groups is 1. The van der Waals surface area contributed by atoms with E-state index < -0.39 is 35.8 Å². The second kappa shape index (κ2) is 18.3. The number of carbonyl (C=O) groups is 6. The predicted molar refractivity (Wildman–Crippen MR) is 128 cm³/mol. The summed E-state index contributed by atoms with van der Waals surface area (Å²) in [4.78, 5) is 72.9. The summed E-state index contributed by atoms with van der Waals surface area (Å²) >= 11 is 0. The highest BCUT2D eigenvalue weighted by Crippen LogP contribution is 2.15. The fraction of sp³-hybridized carbons (Fsp3) is 0.760. The molecule has 1 rings (SSSR count). The number of nitrogens with one attached hydrogen (secondary N) is 1. The quantitative estimate of drug-likeness (QED) is 0.154. The lowest BCUT2D eigenvalue weighted by Gasteiger charge is -2.13. The van der Waals surface area contributed by atoms with Crippen molar-refractivity contribution in [3.05, 3.63) is 0 Å². The SMILES string of the molecule is O=C(O)CCC(NC(=O)CCCCCCCCCCCCCCC(=O)ON1C(=O)CCC1=O)C(=O)O. The van der Waals surface area contributed by atoms with Crippen LogP contribution in [-0.4, -0.2) is 56.9 Å². The molecule has 0 aromatic rings. The van der Waals surface area contributed by atoms with Gasteiger partial charge in [-0.25, -0.2) is 9.59 Å². The van der Waals surface area contributed by atoms with Crippen LogP contribution in [0.15, 0.2) is 0 Å². The molecule has 1 saturated heterocycles. The molecule has 3 amide bonds. The lowest BCUT2D eigenvalue weighted by Crippen LogP contribution is -2.41. The van der Waals surface area contributed by atoms with Crippen molar-refractivity contribution in [2.24, 2.45) is 0 Å². The lowest BCUT2D eigenvalue weighted by atomic mass is 10.0. The van der Waals surface area contributed by atoms with Gasteiger partial charge in [0.05, 0.1) is 0 Å². The highest BCUT2D eigenvalue weighted by Gasteiger charge is 2.32. The molecule has 1 unspecified atom stereocenters. The Morgan fingerprint density at radius 3 is 1.61 bits per heavy atom. The van der Waals surface area contributed by atoms with Gasteiger partial charge in [-0.3, -0.25) is 19.2 Å². The third kappa shape index (κ3) is 14.4. The molecule has 0 aromatic carbocycles. The van der Waals surface area contributed by atoms with Gasteiger partial charge >= 0.3 is 17.9 Å². The normalized spacial score (nSPS) is 14.1. The highest BCUT2D eigenvalue weighted by molar-refractivity contribution is 6.01. The molecule has 0 aliphatic carbocycles. The number of hydrogen-bond donors (Lipinski definition) is 3. The van der Waals surface area contributed by atoms with Crippen LogP contribution in [0.3, 0.4) is 0 Å². The Kier molecular flexibility index (Phi) is 15.8. The first-order valence-corrected chi connectivity index (χ1v) is 13.0. The number of hydrogen-bond acceptors (Lipinski definition) is 7. The van der Waals surface area contributed by atoms with Gasteiger partial charge in [-0.15, -0.1) is 5.06 Å². The number of unbranched alkanes of at least 4 members (excludes halogenated alkanes) is 11. The second-order valence-corrected chi connectivity index (χ2v) is 9.18. The van der Waals surface area contributed by atoms with Gasteiger partial charge in [-0.1, -0.05) is 64.2 Å². The van der Waals surface area contributed by atoms with E-state index in [-0.39, 0.29) is 44.4 Å². The number of rotatable bonds is 21. The number of hydroxylamine groups is 2. The summed E-state index contributed by atoms with van der Waals surface area (Å²) in [5.74, 6) is -4.14. The van der Waals surface area contributed by atoms with Gasteiger partial charge in [-0.05, 0) is 19.3 Å². The van der Waals surface area contributed by atoms with Gasteiger partial charge in [-0.2, -0.15) is 0 Å². The lowest BCUT2D eigenvalue weighted by molar-refractivity contribution is -0.197. The predicted octanol–water partition coefficient (Wildman–Crippen LogP) is 3.49. The molecular formula is C25H40N2O9. The first-order valence-electron chi connectivity index (χ1n) is 13.0. The summed E-state index contributed by atoms with van der Waals surface area (Å²) in [7, 11) is 0. The molecule has 11 nitrogen and oxygen atoms in total. The van der Waals surface area contributed by atoms with E-state index >= 15 is 0 Å². The number of amides is 3. The topological polar surface area (TPSA) is 167 Å². The largest absolute Gasteiger partial charge is 0.481 e. The van der Waals surface area contributed by atoms with E-state index in [1.165, 1.54) is 0 Å². The van der Waals surface area contributed by atoms with Gasteiger partial charge in [0.2, 0.25) is 5.91 Å². The van der Waals surface area contributed by atoms with Crippen LogP contribution in [0.1, 0.15) is 116 Å². The van der Waals surface area contributed by atoms with Crippen molar-refractivity contribution < 1.29 is 43.8 Å². The Morgan fingerprint density at radius 2 is 1.17 bits per heavy atom. The summed E-state index contributed by atoms with van der Waals surface area (Å²) in [6, 6.07) is -1.16. The van der Waals surface area contributed by atoms with Gasteiger partial charge in [0.15, 0.2) is 0 Å². The zero-order valence-corrected chi connectivity index (χ0v) is 21.0. The molecule has 204 valence electrons. The Labute approximate surface area is 211 Å². The van der Waals surface area contributed by atoms with Gasteiger partial charge in [0.25, 0.3) is 11.8 Å². The summed E-state index contributed by atoms with van der Waals surface area (Å²) < 4.78 is 0. The number of carboxylic acids is 2. The van der Waals surface area contributed by atoms with Crippen LogP contribution in [-0.2, 0) is 33.6 Å². The Balaban J connectivity index is 1.89. The van der Waals surface area contributed by atoms with Gasteiger partial charge in [0, 0.05) is 32.1 Å². The van der Waals surface area contributed by atoms with Gasteiger partial charge < -0.3 is 20.4 Å². The monoisotopic (exact) mass is 512 g/mol. The minimum Gasteiger partial charge on any atom is -0.481 e. The van der Waals surface area contributed by atoms with Crippen molar-refractivity contribution in [2.75, 3.05) is 0 Å². The molecule has 0 bridgehead atoms. The first kappa shape index (κ1) is 31.1. The standard InChI is InChI=1S/C25H40N2O9/c28-20(26-19(25(34)35)15-18-23(31)32)13-11-9-7-5-3-1-2-4-6-8-10-12-14-24(33)36-27-21(29)16-17-22(27)30/h19H,1-18H2,(H,26,28)(H,31,32)(H,34,35). The number of nitrogens with zero attached hydrogens (tertiary/aromatic N) is 1. The van der Waals surface area contributed by atoms with Crippen LogP contribution in [0.4, 0.5) is 0 Å². The van der Waals surface area contributed by atoms with Crippen LogP contribution in [0, 0.1) is 0 Å². The van der Waals surface area contributed by atoms with Crippen LogP contribution >= 0.6 is 0 Å². The third-order valence-corrected chi connectivity index (χ3v) is 6.01. The molecule has 11 heteroatoms. The van der Waals surface area contributed by atoms with Gasteiger partial charge in [0.1, 0.15) is 6.04 Å². The van der Waals surface area contributed by atoms with Crippen molar-refractivity contribution in [3.63, 3.8) is 0 Å². The van der Waals surface area contributed by atoms with Crippen LogP contribution in [0.2, 0.25) is 0 Å². The molecule has 0 radical (unpaired) electrons. The number of aliphatic carboxylic acids is 2. The fourth-order valence-corrected chi connectivity index (χ4v) is 3.92. The first-order chi connectivity index (χ1) is 17.2. The van der Waals surface area contributed by atoms with Crippen molar-refractivity contribution in [3.8, 4) is 0 Å². The average molecular weight is 513 g/mol. The molecule has 0 saturated carbocycles. The van der Waals surface area contributed by atoms with Crippen LogP contribution in [0.5, 0.6) is 0 Å². The Hall–Kier alpha value is -2.98. The molecule has 3 N–H and O–H groups in total. The van der Waals surface area contributed by atoms with Crippen molar-refractivity contribution in [1.29, 1.82) is 0 Å². The maximum atomic E-state index is 11.9. The van der Waals surface area contributed by atoms with E-state index in [1.54, 1.807) is 0 Å². The van der Waals surface area contributed by atoms with Crippen molar-refractivity contribution in [1.82, 2.24) is 10.4 Å². The van der Waals surface area contributed by atoms with E-state index in [0.717, 1.165) is 64.2 Å². The van der Waals surface area contributed by atoms with E-state index in [0.29, 0.717) is 17.9 Å². The Bertz CT molecular complexity index is 738. The molecule has 0 aromatic heterocycles. The van der Waals surface area contributed by atoms with E-state index in [1.807, 2.05) is 0 Å². The molecule has 1 heterocycles. The maximum absolute atomic E-state index is 11.9. The van der Waals surface area contributed by atoms with Crippen LogP contribution < -0.4 is 5.32 Å². The summed E-state index contributed by atoms with van der Waals surface area (Å²) in [6.45, 7) is 0. The molecule has 1 atom stereocenters. The minimum atomic E-state index is -1.22. The molecule has 1 fully saturated rings. The number of carboxylic acid groups (broad SMARTS) is 2. The minimum absolute atomic E-state index is 0.0974. The fourth-order valence-electron chi connectivity index (χ4n) is 3.92. The second-order valence-electron chi connectivity index (χ2n) is 9.18. The van der Waals surface area contributed by atoms with E-state index in [2.05, 4.69) is 5.32 Å². The third-order valence-electron chi connectivity index (χ3n) is 6.01. The smallest absolute Gasteiger partial charge is 0.333 e. The van der Waals surface area contributed by atoms with E-state index in [9.17, 15) is 28.8 Å². The molecule has 36 heavy (non-hydrogen) atoms. The maximum Gasteiger partial charge on any atom is 0.333 e. The molecular weight excluding hydrogens is 472 g/mol. The zero-order chi connectivity index (χ0) is 26.8.